The van der Waals surface area contributed by atoms with Gasteiger partial charge in [-0.05, 0) is 19.1 Å². The minimum atomic E-state index is -4.51. The Balaban J connectivity index is 2.80. The number of nitrogens with one attached hydrogen (secondary N) is 1. The van der Waals surface area contributed by atoms with Crippen molar-refractivity contribution in [3.63, 3.8) is 0 Å². The lowest BCUT2D eigenvalue weighted by molar-refractivity contribution is -0.153. The smallest absolute Gasteiger partial charge is 0.422 e. The van der Waals surface area contributed by atoms with Crippen LogP contribution in [-0.2, 0) is 9.59 Å². The lowest BCUT2D eigenvalue weighted by atomic mass is 10.1. The number of hydrogen-bond acceptors (Lipinski definition) is 3. The first-order valence-electron chi connectivity index (χ1n) is 5.53. The molecule has 1 unspecified atom stereocenters. The fourth-order valence-corrected chi connectivity index (χ4v) is 1.21. The molecule has 0 heterocycles. The summed E-state index contributed by atoms with van der Waals surface area (Å²) in [7, 11) is 0. The molecule has 0 saturated carbocycles. The molecule has 2 N–H and O–H groups in total. The Labute approximate surface area is 112 Å². The number of rotatable bonds is 5. The highest BCUT2D eigenvalue weighted by molar-refractivity contribution is 6.04. The summed E-state index contributed by atoms with van der Waals surface area (Å²) in [5.41, 5.74) is -0.0187. The van der Waals surface area contributed by atoms with Crippen LogP contribution in [0.4, 0.5) is 18.9 Å². The monoisotopic (exact) mass is 291 g/mol. The van der Waals surface area contributed by atoms with E-state index < -0.39 is 30.6 Å². The van der Waals surface area contributed by atoms with Crippen molar-refractivity contribution >= 4 is 17.6 Å². The quantitative estimate of drug-likeness (QED) is 0.816. The molecule has 0 aliphatic heterocycles. The van der Waals surface area contributed by atoms with Gasteiger partial charge in [0.15, 0.2) is 6.61 Å². The van der Waals surface area contributed by atoms with Crippen LogP contribution in [0.5, 0.6) is 5.75 Å². The molecule has 0 aliphatic rings. The third-order valence-electron chi connectivity index (χ3n) is 2.30. The Kier molecular flexibility index (Phi) is 4.95. The lowest BCUT2D eigenvalue weighted by Crippen LogP contribution is -2.27. The van der Waals surface area contributed by atoms with Crippen molar-refractivity contribution in [2.24, 2.45) is 5.92 Å². The molecule has 0 saturated heterocycles. The maximum absolute atomic E-state index is 12.1. The van der Waals surface area contributed by atoms with Crippen molar-refractivity contribution in [2.45, 2.75) is 13.1 Å². The van der Waals surface area contributed by atoms with Gasteiger partial charge in [0, 0.05) is 0 Å². The van der Waals surface area contributed by atoms with Crippen LogP contribution >= 0.6 is 0 Å². The molecule has 0 radical (unpaired) electrons. The van der Waals surface area contributed by atoms with Gasteiger partial charge in [-0.3, -0.25) is 9.59 Å². The molecule has 5 nitrogen and oxygen atoms in total. The molecule has 1 rings (SSSR count). The minimum Gasteiger partial charge on any atom is -0.482 e. The van der Waals surface area contributed by atoms with Crippen molar-refractivity contribution in [1.82, 2.24) is 0 Å². The zero-order valence-electron chi connectivity index (χ0n) is 10.4. The van der Waals surface area contributed by atoms with Crippen molar-refractivity contribution in [2.75, 3.05) is 11.9 Å². The van der Waals surface area contributed by atoms with Gasteiger partial charge in [-0.2, -0.15) is 13.2 Å². The van der Waals surface area contributed by atoms with Crippen molar-refractivity contribution in [1.29, 1.82) is 0 Å². The Hall–Kier alpha value is -2.25. The molecule has 0 fully saturated rings. The van der Waals surface area contributed by atoms with Crippen LogP contribution in [0.2, 0.25) is 0 Å². The Morgan fingerprint density at radius 1 is 1.35 bits per heavy atom. The summed E-state index contributed by atoms with van der Waals surface area (Å²) in [6.45, 7) is -0.342. The number of amides is 1. The lowest BCUT2D eigenvalue weighted by Gasteiger charge is -2.14. The predicted octanol–water partition coefficient (Wildman–Crippen LogP) is 2.29. The summed E-state index contributed by atoms with van der Waals surface area (Å²) in [5.74, 6) is -3.70. The number of ether oxygens (including phenoxy) is 1. The van der Waals surface area contributed by atoms with Gasteiger partial charge in [-0.15, -0.1) is 0 Å². The van der Waals surface area contributed by atoms with E-state index in [9.17, 15) is 22.8 Å². The Morgan fingerprint density at radius 2 is 1.95 bits per heavy atom. The van der Waals surface area contributed by atoms with Crippen LogP contribution < -0.4 is 10.1 Å². The van der Waals surface area contributed by atoms with Gasteiger partial charge in [0.25, 0.3) is 0 Å². The molecule has 110 valence electrons. The van der Waals surface area contributed by atoms with Crippen LogP contribution in [-0.4, -0.2) is 29.8 Å². The van der Waals surface area contributed by atoms with Gasteiger partial charge in [0.2, 0.25) is 5.91 Å². The summed E-state index contributed by atoms with van der Waals surface area (Å²) in [4.78, 5) is 22.2. The van der Waals surface area contributed by atoms with Crippen LogP contribution in [0.1, 0.15) is 6.92 Å². The van der Waals surface area contributed by atoms with Gasteiger partial charge in [-0.1, -0.05) is 12.1 Å². The van der Waals surface area contributed by atoms with Gasteiger partial charge in [0.1, 0.15) is 11.7 Å². The zero-order chi connectivity index (χ0) is 15.3. The van der Waals surface area contributed by atoms with E-state index in [1.807, 2.05) is 0 Å². The van der Waals surface area contributed by atoms with E-state index >= 15 is 0 Å². The average molecular weight is 291 g/mol. The largest absolute Gasteiger partial charge is 0.482 e. The first-order valence-corrected chi connectivity index (χ1v) is 5.53. The van der Waals surface area contributed by atoms with Gasteiger partial charge in [0.05, 0.1) is 5.69 Å². The van der Waals surface area contributed by atoms with Gasteiger partial charge in [-0.25, -0.2) is 0 Å². The Bertz CT molecular complexity index is 502. The predicted molar refractivity (Wildman–Crippen MR) is 63.4 cm³/mol. The molecular weight excluding hydrogens is 279 g/mol. The van der Waals surface area contributed by atoms with Crippen LogP contribution in [0.3, 0.4) is 0 Å². The molecule has 1 amide bonds. The number of anilines is 1. The SMILES string of the molecule is CC(C(=O)O)C(=O)Nc1ccccc1OCC(F)(F)F. The highest BCUT2D eigenvalue weighted by Gasteiger charge is 2.29. The summed E-state index contributed by atoms with van der Waals surface area (Å²) in [6.07, 6.45) is -4.51. The third kappa shape index (κ3) is 4.79. The number of alkyl halides is 3. The van der Waals surface area contributed by atoms with E-state index in [2.05, 4.69) is 10.1 Å². The van der Waals surface area contributed by atoms with E-state index in [4.69, 9.17) is 5.11 Å². The van der Waals surface area contributed by atoms with Crippen LogP contribution in [0, 0.1) is 5.92 Å². The fourth-order valence-electron chi connectivity index (χ4n) is 1.21. The molecule has 1 aromatic rings. The normalized spacial score (nSPS) is 12.6. The van der Waals surface area contributed by atoms with Crippen LogP contribution in [0.25, 0.3) is 0 Å². The van der Waals surface area contributed by atoms with Crippen molar-refractivity contribution < 1.29 is 32.6 Å². The number of aliphatic carboxylic acids is 1. The molecule has 0 spiro atoms. The maximum Gasteiger partial charge on any atom is 0.422 e. The molecule has 0 aliphatic carbocycles. The van der Waals surface area contributed by atoms with E-state index in [1.165, 1.54) is 24.3 Å². The van der Waals surface area contributed by atoms with E-state index in [1.54, 1.807) is 0 Å². The Morgan fingerprint density at radius 3 is 2.50 bits per heavy atom. The number of carboxylic acids is 1. The van der Waals surface area contributed by atoms with E-state index in [-0.39, 0.29) is 11.4 Å². The highest BCUT2D eigenvalue weighted by Crippen LogP contribution is 2.26. The second-order valence-corrected chi connectivity index (χ2v) is 3.95. The van der Waals surface area contributed by atoms with Gasteiger partial charge < -0.3 is 15.2 Å². The third-order valence-corrected chi connectivity index (χ3v) is 2.30. The first kappa shape index (κ1) is 15.8. The van der Waals surface area contributed by atoms with Crippen molar-refractivity contribution in [3.8, 4) is 5.75 Å². The number of halogens is 3. The number of carbonyl (C=O) groups is 2. The second kappa shape index (κ2) is 6.27. The highest BCUT2D eigenvalue weighted by atomic mass is 19.4. The van der Waals surface area contributed by atoms with Gasteiger partial charge >= 0.3 is 12.1 Å². The maximum atomic E-state index is 12.1. The van der Waals surface area contributed by atoms with Crippen molar-refractivity contribution in [3.05, 3.63) is 24.3 Å². The molecular formula is C12H12F3NO4. The minimum absolute atomic E-state index is 0.0187. The second-order valence-electron chi connectivity index (χ2n) is 3.95. The number of benzene rings is 1. The van der Waals surface area contributed by atoms with E-state index in [0.717, 1.165) is 6.92 Å². The summed E-state index contributed by atoms with van der Waals surface area (Å²) in [6, 6.07) is 5.47. The van der Waals surface area contributed by atoms with Crippen LogP contribution in [0.15, 0.2) is 24.3 Å². The molecule has 0 bridgehead atoms. The number of carbonyl (C=O) groups excluding carboxylic acids is 1. The summed E-state index contributed by atoms with van der Waals surface area (Å²) in [5, 5.41) is 10.9. The summed E-state index contributed by atoms with van der Waals surface area (Å²) < 4.78 is 40.8. The average Bonchev–Trinajstić information content (AvgIpc) is 2.35. The molecule has 1 atom stereocenters. The topological polar surface area (TPSA) is 75.6 Å². The number of para-hydroxylation sites is 2. The fraction of sp³-hybridized carbons (Fsp3) is 0.333. The molecule has 20 heavy (non-hydrogen) atoms. The standard InChI is InChI=1S/C12H12F3NO4/c1-7(11(18)19)10(17)16-8-4-2-3-5-9(8)20-6-12(13,14)15/h2-5,7H,6H2,1H3,(H,16,17)(H,18,19). The zero-order valence-corrected chi connectivity index (χ0v) is 10.4. The number of carboxylic acid groups (broad SMARTS) is 1. The molecule has 0 aromatic heterocycles. The van der Waals surface area contributed by atoms with E-state index in [0.29, 0.717) is 0 Å². The number of hydrogen-bond donors (Lipinski definition) is 2. The summed E-state index contributed by atoms with van der Waals surface area (Å²) >= 11 is 0. The molecule has 8 heteroatoms. The first-order chi connectivity index (χ1) is 9.20. The molecule has 1 aromatic carbocycles.